The van der Waals surface area contributed by atoms with Gasteiger partial charge in [0.05, 0.1) is 0 Å². The quantitative estimate of drug-likeness (QED) is 0.805. The molecule has 2 fully saturated rings. The maximum atomic E-state index is 12.4. The molecule has 0 spiro atoms. The molecule has 1 saturated heterocycles. The van der Waals surface area contributed by atoms with E-state index in [0.717, 1.165) is 45.6 Å². The summed E-state index contributed by atoms with van der Waals surface area (Å²) in [7, 11) is 0. The van der Waals surface area contributed by atoms with Crippen molar-refractivity contribution in [3.63, 3.8) is 0 Å². The van der Waals surface area contributed by atoms with Gasteiger partial charge in [-0.25, -0.2) is 4.98 Å². The molecule has 1 saturated carbocycles. The number of nitrogens with zero attached hydrogens (tertiary/aromatic N) is 4. The third kappa shape index (κ3) is 2.64. The highest BCUT2D eigenvalue weighted by molar-refractivity contribution is 5.36. The van der Waals surface area contributed by atoms with E-state index in [2.05, 4.69) is 14.8 Å². The van der Waals surface area contributed by atoms with Crippen molar-refractivity contribution in [2.75, 3.05) is 44.2 Å². The summed E-state index contributed by atoms with van der Waals surface area (Å²) in [4.78, 5) is 21.1. The molecule has 2 N–H and O–H groups in total. The first-order chi connectivity index (χ1) is 9.29. The lowest BCUT2D eigenvalue weighted by Gasteiger charge is -2.34. The van der Waals surface area contributed by atoms with Crippen LogP contribution in [0.3, 0.4) is 0 Å². The molecule has 1 aliphatic heterocycles. The molecular weight excluding hydrogens is 242 g/mol. The zero-order valence-corrected chi connectivity index (χ0v) is 11.2. The van der Waals surface area contributed by atoms with Crippen LogP contribution < -0.4 is 16.2 Å². The highest BCUT2D eigenvalue weighted by Crippen LogP contribution is 2.33. The van der Waals surface area contributed by atoms with Crippen LogP contribution in [0.2, 0.25) is 0 Å². The normalized spacial score (nSPS) is 20.8. The second kappa shape index (κ2) is 5.30. The van der Waals surface area contributed by atoms with Crippen LogP contribution in [0.1, 0.15) is 18.9 Å². The number of hydrogen-bond acceptors (Lipinski definition) is 5. The number of anilines is 1. The summed E-state index contributed by atoms with van der Waals surface area (Å²) in [6.45, 7) is 5.25. The molecule has 0 radical (unpaired) electrons. The molecule has 2 heterocycles. The van der Waals surface area contributed by atoms with E-state index in [-0.39, 0.29) is 5.56 Å². The van der Waals surface area contributed by atoms with Gasteiger partial charge in [0.1, 0.15) is 0 Å². The van der Waals surface area contributed by atoms with Gasteiger partial charge >= 0.3 is 0 Å². The van der Waals surface area contributed by atoms with Crippen molar-refractivity contribution < 1.29 is 0 Å². The van der Waals surface area contributed by atoms with Crippen molar-refractivity contribution >= 4 is 5.82 Å². The fraction of sp³-hybridized carbons (Fsp3) is 0.692. The van der Waals surface area contributed by atoms with Crippen molar-refractivity contribution in [2.24, 2.45) is 5.73 Å². The first kappa shape index (κ1) is 12.6. The minimum absolute atomic E-state index is 0.0669. The predicted octanol–water partition coefficient (Wildman–Crippen LogP) is -0.341. The van der Waals surface area contributed by atoms with Crippen molar-refractivity contribution in [2.45, 2.75) is 18.9 Å². The van der Waals surface area contributed by atoms with E-state index in [1.165, 1.54) is 0 Å². The molecule has 1 aliphatic carbocycles. The molecule has 0 aromatic carbocycles. The maximum Gasteiger partial charge on any atom is 0.293 e. The van der Waals surface area contributed by atoms with Crippen LogP contribution in [0.25, 0.3) is 0 Å². The molecular formula is C13H21N5O. The molecule has 104 valence electrons. The number of rotatable bonds is 4. The minimum atomic E-state index is 0.0669. The van der Waals surface area contributed by atoms with Crippen LogP contribution in [-0.2, 0) is 0 Å². The summed E-state index contributed by atoms with van der Waals surface area (Å²) in [6, 6.07) is 0.410. The number of aromatic nitrogens is 2. The van der Waals surface area contributed by atoms with E-state index >= 15 is 0 Å². The van der Waals surface area contributed by atoms with Gasteiger partial charge in [-0.3, -0.25) is 9.69 Å². The monoisotopic (exact) mass is 263 g/mol. The average Bonchev–Trinajstić information content (AvgIpc) is 3.25. The Bertz CT molecular complexity index is 488. The Labute approximate surface area is 112 Å². The second-order valence-electron chi connectivity index (χ2n) is 5.31. The maximum absolute atomic E-state index is 12.4. The number of hydrogen-bond donors (Lipinski definition) is 1. The smallest absolute Gasteiger partial charge is 0.293 e. The van der Waals surface area contributed by atoms with E-state index in [0.29, 0.717) is 18.4 Å². The summed E-state index contributed by atoms with van der Waals surface area (Å²) < 4.78 is 1.84. The van der Waals surface area contributed by atoms with E-state index in [1.807, 2.05) is 10.8 Å². The zero-order chi connectivity index (χ0) is 13.2. The third-order valence-corrected chi connectivity index (χ3v) is 3.91. The molecule has 0 amide bonds. The van der Waals surface area contributed by atoms with E-state index in [4.69, 9.17) is 5.73 Å². The van der Waals surface area contributed by atoms with Gasteiger partial charge in [-0.1, -0.05) is 0 Å². The molecule has 0 unspecified atom stereocenters. The standard InChI is InChI=1S/C13H21N5O/c14-3-5-16-7-9-17(10-8-16)12-13(19)18(6-4-15-12)11-1-2-11/h4,6,11H,1-3,5,7-10,14H2. The molecule has 3 rings (SSSR count). The lowest BCUT2D eigenvalue weighted by atomic mass is 10.3. The molecule has 2 aliphatic rings. The van der Waals surface area contributed by atoms with Crippen LogP contribution in [0.5, 0.6) is 0 Å². The Morgan fingerprint density at radius 1 is 1.26 bits per heavy atom. The lowest BCUT2D eigenvalue weighted by Crippen LogP contribution is -2.49. The molecule has 19 heavy (non-hydrogen) atoms. The lowest BCUT2D eigenvalue weighted by molar-refractivity contribution is 0.264. The molecule has 0 bridgehead atoms. The summed E-state index contributed by atoms with van der Waals surface area (Å²) >= 11 is 0. The van der Waals surface area contributed by atoms with Crippen molar-refractivity contribution in [1.29, 1.82) is 0 Å². The van der Waals surface area contributed by atoms with Gasteiger partial charge in [0, 0.05) is 57.7 Å². The van der Waals surface area contributed by atoms with Crippen molar-refractivity contribution in [3.05, 3.63) is 22.7 Å². The molecule has 0 atom stereocenters. The van der Waals surface area contributed by atoms with Crippen LogP contribution >= 0.6 is 0 Å². The summed E-state index contributed by atoms with van der Waals surface area (Å²) in [5.41, 5.74) is 5.64. The van der Waals surface area contributed by atoms with Crippen LogP contribution in [0.4, 0.5) is 5.82 Å². The Balaban J connectivity index is 1.73. The Morgan fingerprint density at radius 2 is 2.00 bits per heavy atom. The number of nitrogens with two attached hydrogens (primary N) is 1. The molecule has 6 heteroatoms. The fourth-order valence-corrected chi connectivity index (χ4v) is 2.64. The predicted molar refractivity (Wildman–Crippen MR) is 74.5 cm³/mol. The van der Waals surface area contributed by atoms with E-state index < -0.39 is 0 Å². The summed E-state index contributed by atoms with van der Waals surface area (Å²) in [5, 5.41) is 0. The molecule has 1 aromatic rings. The van der Waals surface area contributed by atoms with Crippen LogP contribution in [0, 0.1) is 0 Å². The van der Waals surface area contributed by atoms with Crippen LogP contribution in [0.15, 0.2) is 17.2 Å². The average molecular weight is 263 g/mol. The van der Waals surface area contributed by atoms with Crippen LogP contribution in [-0.4, -0.2) is 53.7 Å². The zero-order valence-electron chi connectivity index (χ0n) is 11.2. The van der Waals surface area contributed by atoms with Gasteiger partial charge in [-0.15, -0.1) is 0 Å². The van der Waals surface area contributed by atoms with Gasteiger partial charge in [0.25, 0.3) is 5.56 Å². The van der Waals surface area contributed by atoms with Crippen molar-refractivity contribution in [1.82, 2.24) is 14.5 Å². The summed E-state index contributed by atoms with van der Waals surface area (Å²) in [5.74, 6) is 0.613. The Morgan fingerprint density at radius 3 is 2.63 bits per heavy atom. The highest BCUT2D eigenvalue weighted by Gasteiger charge is 2.27. The fourth-order valence-electron chi connectivity index (χ4n) is 2.64. The Hall–Kier alpha value is -1.40. The van der Waals surface area contributed by atoms with Gasteiger partial charge in [-0.05, 0) is 12.8 Å². The van der Waals surface area contributed by atoms with Crippen molar-refractivity contribution in [3.8, 4) is 0 Å². The highest BCUT2D eigenvalue weighted by atomic mass is 16.1. The molecule has 1 aromatic heterocycles. The van der Waals surface area contributed by atoms with E-state index in [1.54, 1.807) is 6.20 Å². The second-order valence-corrected chi connectivity index (χ2v) is 5.31. The first-order valence-electron chi connectivity index (χ1n) is 7.04. The van der Waals surface area contributed by atoms with E-state index in [9.17, 15) is 4.79 Å². The van der Waals surface area contributed by atoms with Gasteiger partial charge in [0.2, 0.25) is 0 Å². The number of piperazine rings is 1. The van der Waals surface area contributed by atoms with Gasteiger partial charge in [0.15, 0.2) is 5.82 Å². The Kier molecular flexibility index (Phi) is 3.52. The third-order valence-electron chi connectivity index (χ3n) is 3.91. The minimum Gasteiger partial charge on any atom is -0.349 e. The van der Waals surface area contributed by atoms with Gasteiger partial charge in [-0.2, -0.15) is 0 Å². The van der Waals surface area contributed by atoms with Gasteiger partial charge < -0.3 is 15.2 Å². The summed E-state index contributed by atoms with van der Waals surface area (Å²) in [6.07, 6.45) is 5.80. The largest absolute Gasteiger partial charge is 0.349 e. The first-order valence-corrected chi connectivity index (χ1v) is 7.04. The molecule has 6 nitrogen and oxygen atoms in total. The SMILES string of the molecule is NCCN1CCN(c2nccn(C3CC3)c2=O)CC1. The topological polar surface area (TPSA) is 67.4 Å².